The molecule has 1 atom stereocenters. The van der Waals surface area contributed by atoms with Crippen LogP contribution in [-0.4, -0.2) is 69.6 Å². The second-order valence-corrected chi connectivity index (χ2v) is 6.35. The summed E-state index contributed by atoms with van der Waals surface area (Å²) in [5.41, 5.74) is 0. The number of amides is 2. The minimum absolute atomic E-state index is 0.00897. The number of esters is 1. The summed E-state index contributed by atoms with van der Waals surface area (Å²) in [6.07, 6.45) is 2.51. The van der Waals surface area contributed by atoms with Gasteiger partial charge in [0, 0.05) is 45.5 Å². The first kappa shape index (κ1) is 18.7. The number of furan rings is 1. The largest absolute Gasteiger partial charge is 0.452 e. The molecule has 0 aromatic carbocycles. The molecule has 9 heteroatoms. The Balaban J connectivity index is 1.52. The van der Waals surface area contributed by atoms with Crippen molar-refractivity contribution in [2.45, 2.75) is 26.5 Å². The SMILES string of the molecule is CC(=O)N1CCN(C(=O)C(C)OC(=O)c2ccc(Cn3cccn3)o2)CC1. The van der Waals surface area contributed by atoms with E-state index < -0.39 is 12.1 Å². The van der Waals surface area contributed by atoms with Crippen molar-refractivity contribution in [3.05, 3.63) is 42.1 Å². The molecule has 3 heterocycles. The molecule has 0 N–H and O–H groups in total. The highest BCUT2D eigenvalue weighted by Gasteiger charge is 2.28. The molecule has 2 amide bonds. The van der Waals surface area contributed by atoms with Gasteiger partial charge in [-0.05, 0) is 25.1 Å². The van der Waals surface area contributed by atoms with Gasteiger partial charge in [0.15, 0.2) is 6.10 Å². The van der Waals surface area contributed by atoms with Crippen molar-refractivity contribution < 1.29 is 23.5 Å². The normalized spacial score (nSPS) is 15.5. The lowest BCUT2D eigenvalue weighted by atomic mass is 10.2. The maximum Gasteiger partial charge on any atom is 0.375 e. The van der Waals surface area contributed by atoms with Gasteiger partial charge in [-0.3, -0.25) is 14.3 Å². The Morgan fingerprint density at radius 1 is 1.19 bits per heavy atom. The fourth-order valence-corrected chi connectivity index (χ4v) is 2.89. The molecule has 1 saturated heterocycles. The zero-order valence-electron chi connectivity index (χ0n) is 15.3. The van der Waals surface area contributed by atoms with E-state index in [1.54, 1.807) is 39.0 Å². The lowest BCUT2D eigenvalue weighted by Gasteiger charge is -2.35. The van der Waals surface area contributed by atoms with E-state index in [9.17, 15) is 14.4 Å². The molecule has 1 aliphatic heterocycles. The molecule has 1 fully saturated rings. The lowest BCUT2D eigenvalue weighted by molar-refractivity contribution is -0.144. The summed E-state index contributed by atoms with van der Waals surface area (Å²) in [4.78, 5) is 39.3. The monoisotopic (exact) mass is 374 g/mol. The Morgan fingerprint density at radius 3 is 2.52 bits per heavy atom. The van der Waals surface area contributed by atoms with Gasteiger partial charge in [0.05, 0.1) is 6.54 Å². The van der Waals surface area contributed by atoms with Crippen LogP contribution in [0.2, 0.25) is 0 Å². The fourth-order valence-electron chi connectivity index (χ4n) is 2.89. The Bertz CT molecular complexity index is 806. The zero-order valence-corrected chi connectivity index (χ0v) is 15.3. The summed E-state index contributed by atoms with van der Waals surface area (Å²) in [6.45, 7) is 5.25. The molecular formula is C18H22N4O5. The van der Waals surface area contributed by atoms with Gasteiger partial charge in [-0.25, -0.2) is 4.79 Å². The van der Waals surface area contributed by atoms with E-state index >= 15 is 0 Å². The van der Waals surface area contributed by atoms with Gasteiger partial charge >= 0.3 is 5.97 Å². The third-order valence-electron chi connectivity index (χ3n) is 4.41. The van der Waals surface area contributed by atoms with Crippen LogP contribution in [-0.2, 0) is 20.9 Å². The summed E-state index contributed by atoms with van der Waals surface area (Å²) < 4.78 is 12.4. The Kier molecular flexibility index (Phi) is 5.58. The first-order valence-corrected chi connectivity index (χ1v) is 8.75. The molecule has 0 bridgehead atoms. The molecule has 0 saturated carbocycles. The maximum absolute atomic E-state index is 12.5. The van der Waals surface area contributed by atoms with E-state index in [0.29, 0.717) is 38.5 Å². The molecular weight excluding hydrogens is 352 g/mol. The summed E-state index contributed by atoms with van der Waals surface area (Å²) in [5.74, 6) is -0.381. The number of carbonyl (C=O) groups excluding carboxylic acids is 3. The molecule has 27 heavy (non-hydrogen) atoms. The van der Waals surface area contributed by atoms with Crippen molar-refractivity contribution in [3.8, 4) is 0 Å². The number of ether oxygens (including phenoxy) is 1. The van der Waals surface area contributed by atoms with Crippen molar-refractivity contribution >= 4 is 17.8 Å². The molecule has 0 spiro atoms. The van der Waals surface area contributed by atoms with Crippen LogP contribution in [0.15, 0.2) is 35.0 Å². The predicted octanol–water partition coefficient (Wildman–Crippen LogP) is 0.760. The molecule has 2 aromatic heterocycles. The van der Waals surface area contributed by atoms with E-state index in [4.69, 9.17) is 9.15 Å². The van der Waals surface area contributed by atoms with E-state index in [2.05, 4.69) is 5.10 Å². The van der Waals surface area contributed by atoms with Crippen molar-refractivity contribution in [3.63, 3.8) is 0 Å². The third kappa shape index (κ3) is 4.55. The number of rotatable bonds is 5. The average molecular weight is 374 g/mol. The average Bonchev–Trinajstić information content (AvgIpc) is 3.33. The van der Waals surface area contributed by atoms with Gasteiger partial charge < -0.3 is 19.0 Å². The van der Waals surface area contributed by atoms with Crippen molar-refractivity contribution in [1.82, 2.24) is 19.6 Å². The van der Waals surface area contributed by atoms with Gasteiger partial charge in [-0.2, -0.15) is 5.10 Å². The van der Waals surface area contributed by atoms with Gasteiger partial charge in [-0.15, -0.1) is 0 Å². The van der Waals surface area contributed by atoms with Crippen LogP contribution in [0.3, 0.4) is 0 Å². The van der Waals surface area contributed by atoms with Crippen LogP contribution in [0, 0.1) is 0 Å². The number of carbonyl (C=O) groups is 3. The summed E-state index contributed by atoms with van der Waals surface area (Å²) in [6, 6.07) is 4.98. The Morgan fingerprint density at radius 2 is 1.89 bits per heavy atom. The van der Waals surface area contributed by atoms with Crippen molar-refractivity contribution in [2.24, 2.45) is 0 Å². The molecule has 0 radical (unpaired) electrons. The van der Waals surface area contributed by atoms with E-state index in [-0.39, 0.29) is 17.6 Å². The minimum Gasteiger partial charge on any atom is -0.452 e. The number of hydrogen-bond donors (Lipinski definition) is 0. The van der Waals surface area contributed by atoms with E-state index in [1.807, 2.05) is 0 Å². The second kappa shape index (κ2) is 8.07. The van der Waals surface area contributed by atoms with Gasteiger partial charge in [0.2, 0.25) is 11.7 Å². The van der Waals surface area contributed by atoms with Gasteiger partial charge in [-0.1, -0.05) is 0 Å². The lowest BCUT2D eigenvalue weighted by Crippen LogP contribution is -2.52. The highest BCUT2D eigenvalue weighted by Crippen LogP contribution is 2.13. The fraction of sp³-hybridized carbons (Fsp3) is 0.444. The standard InChI is InChI=1S/C18H22N4O5/c1-13(17(24)21-10-8-20(9-11-21)14(2)23)26-18(25)16-5-4-15(27-16)12-22-7-3-6-19-22/h3-7,13H,8-12H2,1-2H3. The first-order chi connectivity index (χ1) is 12.9. The summed E-state index contributed by atoms with van der Waals surface area (Å²) >= 11 is 0. The molecule has 9 nitrogen and oxygen atoms in total. The molecule has 2 aromatic rings. The molecule has 1 unspecified atom stereocenters. The molecule has 144 valence electrons. The number of aromatic nitrogens is 2. The highest BCUT2D eigenvalue weighted by atomic mass is 16.6. The molecule has 3 rings (SSSR count). The van der Waals surface area contributed by atoms with Gasteiger partial charge in [0.25, 0.3) is 5.91 Å². The molecule has 1 aliphatic rings. The minimum atomic E-state index is -0.930. The zero-order chi connectivity index (χ0) is 19.4. The van der Waals surface area contributed by atoms with Crippen LogP contribution < -0.4 is 0 Å². The summed E-state index contributed by atoms with van der Waals surface area (Å²) in [7, 11) is 0. The first-order valence-electron chi connectivity index (χ1n) is 8.75. The van der Waals surface area contributed by atoms with Crippen LogP contribution in [0.4, 0.5) is 0 Å². The smallest absolute Gasteiger partial charge is 0.375 e. The second-order valence-electron chi connectivity index (χ2n) is 6.35. The van der Waals surface area contributed by atoms with E-state index in [1.165, 1.54) is 19.9 Å². The molecule has 0 aliphatic carbocycles. The van der Waals surface area contributed by atoms with Gasteiger partial charge in [0.1, 0.15) is 5.76 Å². The quantitative estimate of drug-likeness (QED) is 0.717. The highest BCUT2D eigenvalue weighted by molar-refractivity contribution is 5.90. The van der Waals surface area contributed by atoms with Crippen LogP contribution in [0.25, 0.3) is 0 Å². The summed E-state index contributed by atoms with van der Waals surface area (Å²) in [5, 5.41) is 4.07. The number of hydrogen-bond acceptors (Lipinski definition) is 6. The number of piperazine rings is 1. The van der Waals surface area contributed by atoms with Crippen LogP contribution in [0.1, 0.15) is 30.2 Å². The third-order valence-corrected chi connectivity index (χ3v) is 4.41. The maximum atomic E-state index is 12.5. The van der Waals surface area contributed by atoms with Crippen molar-refractivity contribution in [1.29, 1.82) is 0 Å². The van der Waals surface area contributed by atoms with Crippen molar-refractivity contribution in [2.75, 3.05) is 26.2 Å². The van der Waals surface area contributed by atoms with Crippen LogP contribution in [0.5, 0.6) is 0 Å². The Labute approximate surface area is 156 Å². The topological polar surface area (TPSA) is 97.9 Å². The van der Waals surface area contributed by atoms with E-state index in [0.717, 1.165) is 0 Å². The predicted molar refractivity (Wildman–Crippen MR) is 93.7 cm³/mol. The van der Waals surface area contributed by atoms with Crippen LogP contribution >= 0.6 is 0 Å². The number of nitrogens with zero attached hydrogens (tertiary/aromatic N) is 4. The Hall–Kier alpha value is -3.10.